The van der Waals surface area contributed by atoms with Gasteiger partial charge in [0, 0.05) is 12.5 Å². The standard InChI is InChI=1S/C9H16N2O/c1-4-7(2)9-8(5-10-3)11-6-12-9/h6-7,10H,4-5H2,1-3H3. The Kier molecular flexibility index (Phi) is 3.29. The molecule has 1 aromatic heterocycles. The molecule has 0 spiro atoms. The quantitative estimate of drug-likeness (QED) is 0.746. The Morgan fingerprint density at radius 3 is 3.00 bits per heavy atom. The fourth-order valence-corrected chi connectivity index (χ4v) is 1.16. The van der Waals surface area contributed by atoms with E-state index in [0.29, 0.717) is 5.92 Å². The first-order valence-corrected chi connectivity index (χ1v) is 4.36. The number of nitrogens with zero attached hydrogens (tertiary/aromatic N) is 1. The molecule has 0 amide bonds. The third kappa shape index (κ3) is 1.85. The molecule has 1 aromatic rings. The van der Waals surface area contributed by atoms with Gasteiger partial charge >= 0.3 is 0 Å². The summed E-state index contributed by atoms with van der Waals surface area (Å²) in [4.78, 5) is 4.15. The van der Waals surface area contributed by atoms with Crippen LogP contribution in [0.4, 0.5) is 0 Å². The number of hydrogen-bond acceptors (Lipinski definition) is 3. The third-order valence-corrected chi connectivity index (χ3v) is 2.08. The van der Waals surface area contributed by atoms with Gasteiger partial charge in [-0.15, -0.1) is 0 Å². The van der Waals surface area contributed by atoms with Crippen molar-refractivity contribution in [1.29, 1.82) is 0 Å². The summed E-state index contributed by atoms with van der Waals surface area (Å²) in [6.45, 7) is 5.09. The summed E-state index contributed by atoms with van der Waals surface area (Å²) in [5.74, 6) is 1.49. The van der Waals surface area contributed by atoms with Gasteiger partial charge in [-0.05, 0) is 13.5 Å². The van der Waals surface area contributed by atoms with Crippen molar-refractivity contribution in [3.8, 4) is 0 Å². The van der Waals surface area contributed by atoms with Gasteiger partial charge < -0.3 is 9.73 Å². The zero-order valence-electron chi connectivity index (χ0n) is 7.92. The van der Waals surface area contributed by atoms with Crippen LogP contribution in [-0.4, -0.2) is 12.0 Å². The van der Waals surface area contributed by atoms with Crippen molar-refractivity contribution in [2.45, 2.75) is 32.7 Å². The van der Waals surface area contributed by atoms with Crippen LogP contribution < -0.4 is 5.32 Å². The Morgan fingerprint density at radius 2 is 2.42 bits per heavy atom. The average Bonchev–Trinajstić information content (AvgIpc) is 2.52. The van der Waals surface area contributed by atoms with Gasteiger partial charge in [-0.1, -0.05) is 13.8 Å². The minimum atomic E-state index is 0.468. The molecule has 1 N–H and O–H groups in total. The van der Waals surface area contributed by atoms with E-state index in [0.717, 1.165) is 24.4 Å². The molecule has 0 aliphatic rings. The highest BCUT2D eigenvalue weighted by Gasteiger charge is 2.12. The van der Waals surface area contributed by atoms with Gasteiger partial charge in [0.05, 0.1) is 5.69 Å². The zero-order valence-corrected chi connectivity index (χ0v) is 7.92. The maximum Gasteiger partial charge on any atom is 0.181 e. The number of hydrogen-bond donors (Lipinski definition) is 1. The predicted octanol–water partition coefficient (Wildman–Crippen LogP) is 1.91. The van der Waals surface area contributed by atoms with Crippen LogP contribution in [0.5, 0.6) is 0 Å². The summed E-state index contributed by atoms with van der Waals surface area (Å²) < 4.78 is 5.32. The van der Waals surface area contributed by atoms with Crippen molar-refractivity contribution in [2.24, 2.45) is 0 Å². The molecule has 12 heavy (non-hydrogen) atoms. The summed E-state index contributed by atoms with van der Waals surface area (Å²) >= 11 is 0. The molecule has 1 rings (SSSR count). The van der Waals surface area contributed by atoms with E-state index in [2.05, 4.69) is 24.1 Å². The van der Waals surface area contributed by atoms with Crippen LogP contribution in [0.25, 0.3) is 0 Å². The Balaban J connectivity index is 2.76. The van der Waals surface area contributed by atoms with Crippen LogP contribution in [0.15, 0.2) is 10.8 Å². The summed E-state index contributed by atoms with van der Waals surface area (Å²) in [6.07, 6.45) is 2.61. The molecular formula is C9H16N2O. The lowest BCUT2D eigenvalue weighted by Gasteiger charge is -2.05. The molecular weight excluding hydrogens is 152 g/mol. The van der Waals surface area contributed by atoms with Crippen LogP contribution in [0.2, 0.25) is 0 Å². The highest BCUT2D eigenvalue weighted by Crippen LogP contribution is 2.21. The van der Waals surface area contributed by atoms with Gasteiger partial charge in [-0.25, -0.2) is 4.98 Å². The van der Waals surface area contributed by atoms with Crippen LogP contribution in [0, 0.1) is 0 Å². The topological polar surface area (TPSA) is 38.1 Å². The van der Waals surface area contributed by atoms with E-state index in [4.69, 9.17) is 4.42 Å². The molecule has 0 aliphatic heterocycles. The van der Waals surface area contributed by atoms with Crippen molar-refractivity contribution in [1.82, 2.24) is 10.3 Å². The van der Waals surface area contributed by atoms with E-state index in [-0.39, 0.29) is 0 Å². The van der Waals surface area contributed by atoms with E-state index in [1.54, 1.807) is 0 Å². The van der Waals surface area contributed by atoms with Crippen LogP contribution >= 0.6 is 0 Å². The zero-order chi connectivity index (χ0) is 8.97. The van der Waals surface area contributed by atoms with Crippen LogP contribution in [0.1, 0.15) is 37.6 Å². The van der Waals surface area contributed by atoms with Crippen molar-refractivity contribution in [3.63, 3.8) is 0 Å². The fraction of sp³-hybridized carbons (Fsp3) is 0.667. The van der Waals surface area contributed by atoms with Gasteiger partial charge in [-0.3, -0.25) is 0 Å². The Bertz CT molecular complexity index is 232. The van der Waals surface area contributed by atoms with Gasteiger partial charge in [0.2, 0.25) is 0 Å². The molecule has 1 heterocycles. The Hall–Kier alpha value is -0.830. The van der Waals surface area contributed by atoms with Crippen LogP contribution in [-0.2, 0) is 6.54 Å². The molecule has 0 fully saturated rings. The number of oxazole rings is 1. The van der Waals surface area contributed by atoms with E-state index >= 15 is 0 Å². The van der Waals surface area contributed by atoms with E-state index < -0.39 is 0 Å². The normalized spacial score (nSPS) is 13.2. The van der Waals surface area contributed by atoms with Crippen molar-refractivity contribution in [2.75, 3.05) is 7.05 Å². The first kappa shape index (κ1) is 9.26. The molecule has 68 valence electrons. The smallest absolute Gasteiger partial charge is 0.181 e. The maximum absolute atomic E-state index is 5.32. The SMILES string of the molecule is CCC(C)c1ocnc1CNC. The lowest BCUT2D eigenvalue weighted by molar-refractivity contribution is 0.460. The second-order valence-corrected chi connectivity index (χ2v) is 3.00. The van der Waals surface area contributed by atoms with Crippen molar-refractivity contribution >= 4 is 0 Å². The molecule has 0 saturated carbocycles. The minimum absolute atomic E-state index is 0.468. The molecule has 3 nitrogen and oxygen atoms in total. The molecule has 0 bridgehead atoms. The lowest BCUT2D eigenvalue weighted by Crippen LogP contribution is -2.08. The molecule has 3 heteroatoms. The second kappa shape index (κ2) is 4.26. The van der Waals surface area contributed by atoms with E-state index in [1.807, 2.05) is 7.05 Å². The molecule has 0 aliphatic carbocycles. The number of rotatable bonds is 4. The summed E-state index contributed by atoms with van der Waals surface area (Å²) in [5, 5.41) is 3.07. The molecule has 1 unspecified atom stereocenters. The number of nitrogens with one attached hydrogen (secondary N) is 1. The van der Waals surface area contributed by atoms with Gasteiger partial charge in [0.15, 0.2) is 6.39 Å². The predicted molar refractivity (Wildman–Crippen MR) is 48.0 cm³/mol. The first-order valence-electron chi connectivity index (χ1n) is 4.36. The highest BCUT2D eigenvalue weighted by molar-refractivity contribution is 5.11. The average molecular weight is 168 g/mol. The second-order valence-electron chi connectivity index (χ2n) is 3.00. The molecule has 1 atom stereocenters. The Labute approximate surface area is 73.2 Å². The largest absolute Gasteiger partial charge is 0.448 e. The summed E-state index contributed by atoms with van der Waals surface area (Å²) in [5.41, 5.74) is 1.03. The molecule has 0 saturated heterocycles. The van der Waals surface area contributed by atoms with E-state index in [1.165, 1.54) is 6.39 Å². The summed E-state index contributed by atoms with van der Waals surface area (Å²) in [6, 6.07) is 0. The van der Waals surface area contributed by atoms with Crippen molar-refractivity contribution < 1.29 is 4.42 Å². The monoisotopic (exact) mass is 168 g/mol. The molecule has 0 radical (unpaired) electrons. The van der Waals surface area contributed by atoms with E-state index in [9.17, 15) is 0 Å². The Morgan fingerprint density at radius 1 is 1.67 bits per heavy atom. The van der Waals surface area contributed by atoms with Gasteiger partial charge in [0.25, 0.3) is 0 Å². The lowest BCUT2D eigenvalue weighted by atomic mass is 10.0. The number of aromatic nitrogens is 1. The third-order valence-electron chi connectivity index (χ3n) is 2.08. The van der Waals surface area contributed by atoms with Gasteiger partial charge in [-0.2, -0.15) is 0 Å². The molecule has 0 aromatic carbocycles. The van der Waals surface area contributed by atoms with Gasteiger partial charge in [0.1, 0.15) is 5.76 Å². The highest BCUT2D eigenvalue weighted by atomic mass is 16.3. The minimum Gasteiger partial charge on any atom is -0.448 e. The van der Waals surface area contributed by atoms with Crippen molar-refractivity contribution in [3.05, 3.63) is 17.8 Å². The van der Waals surface area contributed by atoms with Crippen LogP contribution in [0.3, 0.4) is 0 Å². The fourth-order valence-electron chi connectivity index (χ4n) is 1.16. The first-order chi connectivity index (χ1) is 5.79. The summed E-state index contributed by atoms with van der Waals surface area (Å²) in [7, 11) is 1.91. The maximum atomic E-state index is 5.32.